The summed E-state index contributed by atoms with van der Waals surface area (Å²) in [6, 6.07) is 12.2. The first-order chi connectivity index (χ1) is 31.7. The molecule has 370 valence electrons. The molecule has 4 rings (SSSR count). The summed E-state index contributed by atoms with van der Waals surface area (Å²) in [6.45, 7) is 7.44. The first-order valence-corrected chi connectivity index (χ1v) is 23.1. The number of esters is 5. The van der Waals surface area contributed by atoms with Gasteiger partial charge >= 0.3 is 35.9 Å². The SMILES string of the molecule is CC(=O)OCC1OC(OCCCCC(=O)OC(CN(CC(C)C)S(=O)(=O)c2ccc([N+](=O)[O-])cc2)C(Cc2ccccc2)NC(=O)OC2CCOC2)C(OC(C)=O)C(OC(C)=O)C1OC(C)=O. The Hall–Kier alpha value is -5.75. The maximum absolute atomic E-state index is 14.3. The Kier molecular flexibility index (Phi) is 20.9. The Bertz CT molecular complexity index is 2100. The lowest BCUT2D eigenvalue weighted by Crippen LogP contribution is -2.63. The zero-order valence-corrected chi connectivity index (χ0v) is 39.0. The van der Waals surface area contributed by atoms with Gasteiger partial charge in [0.1, 0.15) is 24.9 Å². The van der Waals surface area contributed by atoms with Crippen molar-refractivity contribution in [2.24, 2.45) is 5.92 Å². The molecule has 23 heteroatoms. The van der Waals surface area contributed by atoms with Gasteiger partial charge in [-0.15, -0.1) is 0 Å². The predicted molar refractivity (Wildman–Crippen MR) is 231 cm³/mol. The van der Waals surface area contributed by atoms with Crippen molar-refractivity contribution in [1.82, 2.24) is 9.62 Å². The third-order valence-electron chi connectivity index (χ3n) is 10.1. The number of sulfonamides is 1. The summed E-state index contributed by atoms with van der Waals surface area (Å²) < 4.78 is 79.9. The normalized spacial score (nSPS) is 21.4. The first-order valence-electron chi connectivity index (χ1n) is 21.7. The predicted octanol–water partition coefficient (Wildman–Crippen LogP) is 3.55. The van der Waals surface area contributed by atoms with Gasteiger partial charge in [-0.3, -0.25) is 34.1 Å². The number of hydrogen-bond donors (Lipinski definition) is 1. The molecule has 2 aliphatic rings. The van der Waals surface area contributed by atoms with Crippen LogP contribution in [0.3, 0.4) is 0 Å². The number of nitro benzene ring substituents is 1. The van der Waals surface area contributed by atoms with Crippen LogP contribution in [0, 0.1) is 16.0 Å². The summed E-state index contributed by atoms with van der Waals surface area (Å²) in [5.41, 5.74) is 0.397. The van der Waals surface area contributed by atoms with Crippen LogP contribution in [0.2, 0.25) is 0 Å². The van der Waals surface area contributed by atoms with Crippen molar-refractivity contribution in [3.8, 4) is 0 Å². The van der Waals surface area contributed by atoms with Crippen molar-refractivity contribution in [3.05, 3.63) is 70.3 Å². The number of nitro groups is 1. The monoisotopic (exact) mass is 965 g/mol. The fourth-order valence-electron chi connectivity index (χ4n) is 7.22. The van der Waals surface area contributed by atoms with E-state index in [-0.39, 0.29) is 61.9 Å². The number of unbranched alkanes of at least 4 members (excludes halogenated alkanes) is 1. The number of ether oxygens (including phenoxy) is 9. The second kappa shape index (κ2) is 26.0. The van der Waals surface area contributed by atoms with Gasteiger partial charge in [0, 0.05) is 65.8 Å². The molecule has 0 aliphatic carbocycles. The number of carbonyl (C=O) groups is 6. The van der Waals surface area contributed by atoms with Gasteiger partial charge in [-0.1, -0.05) is 44.2 Å². The average Bonchev–Trinajstić information content (AvgIpc) is 3.76. The summed E-state index contributed by atoms with van der Waals surface area (Å²) in [4.78, 5) is 85.9. The lowest BCUT2D eigenvalue weighted by atomic mass is 9.98. The van der Waals surface area contributed by atoms with Gasteiger partial charge in [0.2, 0.25) is 10.0 Å². The van der Waals surface area contributed by atoms with Gasteiger partial charge in [0.05, 0.1) is 35.6 Å². The molecule has 67 heavy (non-hydrogen) atoms. The second-order valence-electron chi connectivity index (χ2n) is 16.2. The number of nitrogens with zero attached hydrogens (tertiary/aromatic N) is 2. The maximum Gasteiger partial charge on any atom is 0.407 e. The van der Waals surface area contributed by atoms with Crippen LogP contribution in [0.5, 0.6) is 0 Å². The van der Waals surface area contributed by atoms with Crippen LogP contribution in [0.4, 0.5) is 10.5 Å². The van der Waals surface area contributed by atoms with E-state index in [1.807, 2.05) is 0 Å². The zero-order valence-electron chi connectivity index (χ0n) is 38.2. The molecule has 2 aliphatic heterocycles. The fraction of sp³-hybridized carbons (Fsp3) is 0.591. The number of hydrogen-bond acceptors (Lipinski definition) is 19. The molecule has 2 saturated heterocycles. The van der Waals surface area contributed by atoms with E-state index in [2.05, 4.69) is 5.32 Å². The molecule has 8 unspecified atom stereocenters. The summed E-state index contributed by atoms with van der Waals surface area (Å²) in [5.74, 6) is -4.14. The van der Waals surface area contributed by atoms with Crippen LogP contribution in [0.25, 0.3) is 0 Å². The van der Waals surface area contributed by atoms with E-state index >= 15 is 0 Å². The minimum atomic E-state index is -4.38. The molecular formula is C44H59N3O19S. The minimum Gasteiger partial charge on any atom is -0.463 e. The molecule has 0 spiro atoms. The highest BCUT2D eigenvalue weighted by molar-refractivity contribution is 7.89. The van der Waals surface area contributed by atoms with E-state index in [4.69, 9.17) is 42.6 Å². The number of nitrogens with one attached hydrogen (secondary N) is 1. The Labute approximate surface area is 388 Å². The number of alkyl carbamates (subject to hydrolysis) is 1. The summed E-state index contributed by atoms with van der Waals surface area (Å²) in [6.07, 6.45) is -9.09. The number of non-ortho nitro benzene ring substituents is 1. The van der Waals surface area contributed by atoms with E-state index in [0.717, 1.165) is 56.3 Å². The van der Waals surface area contributed by atoms with Crippen molar-refractivity contribution in [2.75, 3.05) is 39.5 Å². The molecular weight excluding hydrogens is 907 g/mol. The van der Waals surface area contributed by atoms with E-state index in [1.165, 1.54) is 0 Å². The summed E-state index contributed by atoms with van der Waals surface area (Å²) >= 11 is 0. The van der Waals surface area contributed by atoms with Crippen LogP contribution >= 0.6 is 0 Å². The minimum absolute atomic E-state index is 0.0636. The molecule has 0 aromatic heterocycles. The summed E-state index contributed by atoms with van der Waals surface area (Å²) in [7, 11) is -4.38. The highest BCUT2D eigenvalue weighted by Crippen LogP contribution is 2.30. The lowest BCUT2D eigenvalue weighted by molar-refractivity contribution is -0.384. The van der Waals surface area contributed by atoms with Crippen LogP contribution in [0.1, 0.15) is 72.8 Å². The maximum atomic E-state index is 14.3. The molecule has 1 N–H and O–H groups in total. The molecule has 2 aromatic carbocycles. The Morgan fingerprint density at radius 1 is 0.836 bits per heavy atom. The van der Waals surface area contributed by atoms with Gasteiger partial charge in [-0.25, -0.2) is 13.2 Å². The molecule has 0 saturated carbocycles. The van der Waals surface area contributed by atoms with E-state index < -0.39 is 113 Å². The summed E-state index contributed by atoms with van der Waals surface area (Å²) in [5, 5.41) is 14.2. The Morgan fingerprint density at radius 2 is 1.48 bits per heavy atom. The number of amides is 1. The second-order valence-corrected chi connectivity index (χ2v) is 18.2. The molecule has 0 bridgehead atoms. The molecule has 8 atom stereocenters. The van der Waals surface area contributed by atoms with Crippen LogP contribution < -0.4 is 5.32 Å². The number of rotatable bonds is 24. The van der Waals surface area contributed by atoms with E-state index in [0.29, 0.717) is 18.6 Å². The molecule has 0 radical (unpaired) electrons. The van der Waals surface area contributed by atoms with Gasteiger partial charge < -0.3 is 47.9 Å². The number of carbonyl (C=O) groups excluding carboxylic acids is 6. The molecule has 2 fully saturated rings. The van der Waals surface area contributed by atoms with Crippen LogP contribution in [-0.4, -0.2) is 142 Å². The van der Waals surface area contributed by atoms with Gasteiger partial charge in [-0.05, 0) is 42.9 Å². The van der Waals surface area contributed by atoms with Crippen LogP contribution in [-0.2, 0) is 83.0 Å². The van der Waals surface area contributed by atoms with Crippen molar-refractivity contribution in [3.63, 3.8) is 0 Å². The largest absolute Gasteiger partial charge is 0.463 e. The quantitative estimate of drug-likeness (QED) is 0.0518. The highest BCUT2D eigenvalue weighted by atomic mass is 32.2. The average molecular weight is 966 g/mol. The smallest absolute Gasteiger partial charge is 0.407 e. The topological polar surface area (TPSA) is 278 Å². The van der Waals surface area contributed by atoms with Crippen molar-refractivity contribution >= 4 is 51.7 Å². The van der Waals surface area contributed by atoms with Crippen molar-refractivity contribution in [2.45, 2.75) is 127 Å². The Morgan fingerprint density at radius 3 is 2.06 bits per heavy atom. The highest BCUT2D eigenvalue weighted by Gasteiger charge is 2.52. The van der Waals surface area contributed by atoms with Crippen molar-refractivity contribution in [1.29, 1.82) is 0 Å². The standard InChI is InChI=1S/C44H59N3O19S/c1-27(2)23-46(67(56,57)35-17-15-33(16-18-35)47(54)55)24-37(36(22-32-12-8-7-9-13-32)45-44(53)64-34-19-21-58-25-34)65-39(52)14-10-11-20-59-43-42(63-31(6)51)41(62-30(5)50)40(61-29(4)49)38(66-43)26-60-28(3)48/h7-9,12-13,15-18,27,34,36-38,40-43H,10-11,14,19-26H2,1-6H3,(H,45,53). The van der Waals surface area contributed by atoms with E-state index in [9.17, 15) is 47.3 Å². The third-order valence-corrected chi connectivity index (χ3v) is 12.0. The Balaban J connectivity index is 1.57. The lowest BCUT2D eigenvalue weighted by Gasteiger charge is -2.44. The molecule has 2 heterocycles. The third kappa shape index (κ3) is 17.4. The fourth-order valence-corrected chi connectivity index (χ4v) is 8.84. The number of benzene rings is 2. The van der Waals surface area contributed by atoms with Crippen LogP contribution in [0.15, 0.2) is 59.5 Å². The van der Waals surface area contributed by atoms with E-state index in [1.54, 1.807) is 44.2 Å². The molecule has 2 aromatic rings. The van der Waals surface area contributed by atoms with Gasteiger partial charge in [0.15, 0.2) is 24.6 Å². The van der Waals surface area contributed by atoms with Gasteiger partial charge in [0.25, 0.3) is 5.69 Å². The van der Waals surface area contributed by atoms with Crippen molar-refractivity contribution < 1.29 is 84.7 Å². The van der Waals surface area contributed by atoms with Gasteiger partial charge in [-0.2, -0.15) is 4.31 Å². The first kappa shape index (κ1) is 53.9. The molecule has 1 amide bonds. The molecule has 22 nitrogen and oxygen atoms in total. The zero-order chi connectivity index (χ0) is 49.3.